The lowest BCUT2D eigenvalue weighted by molar-refractivity contribution is 0.0514. The predicted octanol–water partition coefficient (Wildman–Crippen LogP) is 3.24. The van der Waals surface area contributed by atoms with Gasteiger partial charge >= 0.3 is 0 Å². The van der Waals surface area contributed by atoms with Gasteiger partial charge in [0.1, 0.15) is 18.0 Å². The Morgan fingerprint density at radius 3 is 2.19 bits per heavy atom. The summed E-state index contributed by atoms with van der Waals surface area (Å²) in [5.41, 5.74) is 0.325. The van der Waals surface area contributed by atoms with Crippen molar-refractivity contribution in [2.45, 2.75) is 59.5 Å². The van der Waals surface area contributed by atoms with E-state index in [1.807, 2.05) is 13.8 Å². The van der Waals surface area contributed by atoms with Crippen molar-refractivity contribution in [1.29, 1.82) is 0 Å². The second-order valence-electron chi connectivity index (χ2n) is 6.62. The van der Waals surface area contributed by atoms with Gasteiger partial charge in [-0.25, -0.2) is 9.97 Å². The molecule has 120 valence electrons. The third kappa shape index (κ3) is 5.50. The maximum absolute atomic E-state index is 10.4. The summed E-state index contributed by atoms with van der Waals surface area (Å²) >= 11 is 0. The summed E-state index contributed by atoms with van der Waals surface area (Å²) in [6.07, 6.45) is 2.31. The predicted molar refractivity (Wildman–Crippen MR) is 88.9 cm³/mol. The lowest BCUT2D eigenvalue weighted by Crippen LogP contribution is -2.35. The highest BCUT2D eigenvalue weighted by molar-refractivity contribution is 5.59. The van der Waals surface area contributed by atoms with Gasteiger partial charge in [-0.05, 0) is 32.1 Å². The summed E-state index contributed by atoms with van der Waals surface area (Å²) < 4.78 is 0. The number of nitrogens with zero attached hydrogens (tertiary/aromatic N) is 2. The number of hydrogen-bond donors (Lipinski definition) is 3. The molecule has 1 rings (SSSR count). The van der Waals surface area contributed by atoms with Crippen LogP contribution in [0.3, 0.4) is 0 Å². The molecule has 0 spiro atoms. The standard InChI is InChI=1S/C16H30N4O/c1-7-17-14-13(12(4)5)15(20-10-19-14)18-9-16(6,21)8-11(2)3/h10-12,21H,7-9H2,1-6H3,(H2,17,18,19,20). The van der Waals surface area contributed by atoms with Gasteiger partial charge in [0, 0.05) is 18.7 Å². The fourth-order valence-corrected chi connectivity index (χ4v) is 2.62. The number of nitrogens with one attached hydrogen (secondary N) is 2. The van der Waals surface area contributed by atoms with Gasteiger partial charge < -0.3 is 15.7 Å². The Labute approximate surface area is 128 Å². The molecule has 0 amide bonds. The molecule has 0 saturated carbocycles. The zero-order valence-electron chi connectivity index (χ0n) is 14.2. The summed E-state index contributed by atoms with van der Waals surface area (Å²) in [5, 5.41) is 17.0. The fourth-order valence-electron chi connectivity index (χ4n) is 2.62. The monoisotopic (exact) mass is 294 g/mol. The van der Waals surface area contributed by atoms with Crippen molar-refractivity contribution in [3.63, 3.8) is 0 Å². The van der Waals surface area contributed by atoms with Crippen molar-refractivity contribution >= 4 is 11.6 Å². The first-order chi connectivity index (χ1) is 9.76. The third-order valence-corrected chi connectivity index (χ3v) is 3.29. The van der Waals surface area contributed by atoms with Crippen LogP contribution in [0.5, 0.6) is 0 Å². The summed E-state index contributed by atoms with van der Waals surface area (Å²) in [6.45, 7) is 13.7. The molecule has 0 radical (unpaired) electrons. The first-order valence-electron chi connectivity index (χ1n) is 7.81. The highest BCUT2D eigenvalue weighted by Gasteiger charge is 2.23. The molecule has 5 heteroatoms. The Kier molecular flexibility index (Phi) is 6.40. The molecular weight excluding hydrogens is 264 g/mol. The Morgan fingerprint density at radius 2 is 1.71 bits per heavy atom. The van der Waals surface area contributed by atoms with Crippen LogP contribution in [0.2, 0.25) is 0 Å². The molecule has 0 fully saturated rings. The van der Waals surface area contributed by atoms with E-state index in [9.17, 15) is 5.11 Å². The Morgan fingerprint density at radius 1 is 1.14 bits per heavy atom. The van der Waals surface area contributed by atoms with Crippen molar-refractivity contribution in [2.24, 2.45) is 5.92 Å². The molecule has 21 heavy (non-hydrogen) atoms. The van der Waals surface area contributed by atoms with E-state index < -0.39 is 5.60 Å². The number of aromatic nitrogens is 2. The van der Waals surface area contributed by atoms with Crippen molar-refractivity contribution in [3.8, 4) is 0 Å². The molecule has 0 aliphatic heterocycles. The zero-order chi connectivity index (χ0) is 16.0. The molecule has 5 nitrogen and oxygen atoms in total. The van der Waals surface area contributed by atoms with E-state index in [-0.39, 0.29) is 0 Å². The highest BCUT2D eigenvalue weighted by Crippen LogP contribution is 2.29. The minimum Gasteiger partial charge on any atom is -0.388 e. The second kappa shape index (κ2) is 7.59. The maximum atomic E-state index is 10.4. The molecular formula is C16H30N4O. The number of aliphatic hydroxyl groups is 1. The van der Waals surface area contributed by atoms with Crippen LogP contribution in [0.1, 0.15) is 59.4 Å². The molecule has 1 atom stereocenters. The molecule has 0 aliphatic carbocycles. The average Bonchev–Trinajstić information content (AvgIpc) is 2.35. The van der Waals surface area contributed by atoms with Crippen LogP contribution in [0.25, 0.3) is 0 Å². The van der Waals surface area contributed by atoms with Crippen LogP contribution >= 0.6 is 0 Å². The van der Waals surface area contributed by atoms with Crippen molar-refractivity contribution < 1.29 is 5.11 Å². The minimum absolute atomic E-state index is 0.304. The van der Waals surface area contributed by atoms with E-state index in [0.29, 0.717) is 18.4 Å². The smallest absolute Gasteiger partial charge is 0.135 e. The molecule has 0 aliphatic rings. The van der Waals surface area contributed by atoms with E-state index in [4.69, 9.17) is 0 Å². The van der Waals surface area contributed by atoms with Crippen LogP contribution in [-0.4, -0.2) is 33.8 Å². The largest absolute Gasteiger partial charge is 0.388 e. The summed E-state index contributed by atoms with van der Waals surface area (Å²) in [5.74, 6) is 2.43. The quantitative estimate of drug-likeness (QED) is 0.686. The van der Waals surface area contributed by atoms with Gasteiger partial charge in [0.05, 0.1) is 5.60 Å². The zero-order valence-corrected chi connectivity index (χ0v) is 14.2. The van der Waals surface area contributed by atoms with E-state index in [2.05, 4.69) is 48.3 Å². The van der Waals surface area contributed by atoms with Gasteiger partial charge in [0.25, 0.3) is 0 Å². The van der Waals surface area contributed by atoms with Gasteiger partial charge in [0.15, 0.2) is 0 Å². The van der Waals surface area contributed by atoms with Gasteiger partial charge in [-0.1, -0.05) is 27.7 Å². The van der Waals surface area contributed by atoms with E-state index in [0.717, 1.165) is 30.2 Å². The normalized spacial score (nSPS) is 14.3. The Hall–Kier alpha value is -1.36. The fraction of sp³-hybridized carbons (Fsp3) is 0.750. The third-order valence-electron chi connectivity index (χ3n) is 3.29. The summed E-state index contributed by atoms with van der Waals surface area (Å²) in [4.78, 5) is 8.67. The molecule has 1 aromatic rings. The second-order valence-corrected chi connectivity index (χ2v) is 6.62. The maximum Gasteiger partial charge on any atom is 0.135 e. The van der Waals surface area contributed by atoms with Gasteiger partial charge in [-0.2, -0.15) is 0 Å². The SMILES string of the molecule is CCNc1ncnc(NCC(C)(O)CC(C)C)c1C(C)C. The van der Waals surface area contributed by atoms with Crippen molar-refractivity contribution in [3.05, 3.63) is 11.9 Å². The Balaban J connectivity index is 2.90. The van der Waals surface area contributed by atoms with Gasteiger partial charge in [0.2, 0.25) is 0 Å². The molecule has 3 N–H and O–H groups in total. The summed E-state index contributed by atoms with van der Waals surface area (Å²) in [7, 11) is 0. The first-order valence-corrected chi connectivity index (χ1v) is 7.81. The van der Waals surface area contributed by atoms with Crippen LogP contribution in [0.15, 0.2) is 6.33 Å². The van der Waals surface area contributed by atoms with Crippen LogP contribution in [0.4, 0.5) is 11.6 Å². The number of rotatable bonds is 8. The van der Waals surface area contributed by atoms with Crippen molar-refractivity contribution in [1.82, 2.24) is 9.97 Å². The molecule has 1 aromatic heterocycles. The number of anilines is 2. The van der Waals surface area contributed by atoms with Crippen LogP contribution in [0, 0.1) is 5.92 Å². The lowest BCUT2D eigenvalue weighted by atomic mass is 9.94. The summed E-state index contributed by atoms with van der Waals surface area (Å²) in [6, 6.07) is 0. The molecule has 0 saturated heterocycles. The molecule has 1 heterocycles. The van der Waals surface area contributed by atoms with E-state index in [1.54, 1.807) is 6.33 Å². The topological polar surface area (TPSA) is 70.1 Å². The minimum atomic E-state index is -0.744. The highest BCUT2D eigenvalue weighted by atomic mass is 16.3. The van der Waals surface area contributed by atoms with E-state index >= 15 is 0 Å². The molecule has 0 bridgehead atoms. The van der Waals surface area contributed by atoms with Crippen LogP contribution in [-0.2, 0) is 0 Å². The molecule has 1 unspecified atom stereocenters. The van der Waals surface area contributed by atoms with E-state index in [1.165, 1.54) is 0 Å². The first kappa shape index (κ1) is 17.7. The molecule has 0 aromatic carbocycles. The van der Waals surface area contributed by atoms with Crippen LogP contribution < -0.4 is 10.6 Å². The van der Waals surface area contributed by atoms with Gasteiger partial charge in [-0.3, -0.25) is 0 Å². The Bertz CT molecular complexity index is 444. The lowest BCUT2D eigenvalue weighted by Gasteiger charge is -2.27. The van der Waals surface area contributed by atoms with Crippen molar-refractivity contribution in [2.75, 3.05) is 23.7 Å². The number of hydrogen-bond acceptors (Lipinski definition) is 5. The van der Waals surface area contributed by atoms with Gasteiger partial charge in [-0.15, -0.1) is 0 Å². The average molecular weight is 294 g/mol.